The Labute approximate surface area is 184 Å². The van der Waals surface area contributed by atoms with Crippen LogP contribution in [0.4, 0.5) is 23.2 Å². The van der Waals surface area contributed by atoms with Crippen molar-refractivity contribution in [2.75, 3.05) is 18.5 Å². The maximum Gasteiger partial charge on any atom is 0.405 e. The van der Waals surface area contributed by atoms with Gasteiger partial charge in [-0.25, -0.2) is 4.39 Å². The van der Waals surface area contributed by atoms with Crippen LogP contribution in [0, 0.1) is 26.6 Å². The molecule has 0 aliphatic rings. The van der Waals surface area contributed by atoms with E-state index < -0.39 is 30.4 Å². The molecule has 174 valence electrons. The van der Waals surface area contributed by atoms with Gasteiger partial charge in [0, 0.05) is 23.2 Å². The molecule has 0 saturated heterocycles. The van der Waals surface area contributed by atoms with Gasteiger partial charge < -0.3 is 15.4 Å². The molecule has 2 aromatic carbocycles. The number of anilines is 1. The third-order valence-electron chi connectivity index (χ3n) is 4.73. The number of nitrogens with one attached hydrogen (secondary N) is 2. The molecule has 0 bridgehead atoms. The highest BCUT2D eigenvalue weighted by Gasteiger charge is 2.28. The van der Waals surface area contributed by atoms with Crippen molar-refractivity contribution in [1.82, 2.24) is 5.32 Å². The average Bonchev–Trinajstić information content (AvgIpc) is 2.71. The zero-order valence-electron chi connectivity index (χ0n) is 18.2. The second kappa shape index (κ2) is 11.0. The van der Waals surface area contributed by atoms with E-state index in [1.807, 2.05) is 32.0 Å². The normalized spacial score (nSPS) is 11.2. The van der Waals surface area contributed by atoms with E-state index in [-0.39, 0.29) is 23.2 Å². The van der Waals surface area contributed by atoms with E-state index in [2.05, 4.69) is 5.32 Å². The molecular weight excluding hydrogens is 428 g/mol. The lowest BCUT2D eigenvalue weighted by atomic mass is 10.1. The topological polar surface area (TPSA) is 67.4 Å². The summed E-state index contributed by atoms with van der Waals surface area (Å²) in [5.74, 6) is -1.49. The first kappa shape index (κ1) is 25.2. The van der Waals surface area contributed by atoms with Crippen LogP contribution in [0.15, 0.2) is 30.3 Å². The fourth-order valence-corrected chi connectivity index (χ4v) is 2.87. The summed E-state index contributed by atoms with van der Waals surface area (Å²) in [4.78, 5) is 24.1. The summed E-state index contributed by atoms with van der Waals surface area (Å²) in [7, 11) is 0. The first-order chi connectivity index (χ1) is 15.0. The molecule has 0 radical (unpaired) electrons. The first-order valence-electron chi connectivity index (χ1n) is 10.1. The van der Waals surface area contributed by atoms with Crippen molar-refractivity contribution >= 4 is 17.5 Å². The first-order valence-corrected chi connectivity index (χ1v) is 10.1. The number of ether oxygens (including phenoxy) is 1. The number of rotatable bonds is 9. The zero-order chi connectivity index (χ0) is 23.9. The van der Waals surface area contributed by atoms with Gasteiger partial charge in [0.25, 0.3) is 5.91 Å². The number of amides is 2. The van der Waals surface area contributed by atoms with Crippen molar-refractivity contribution in [3.63, 3.8) is 0 Å². The average molecular weight is 454 g/mol. The van der Waals surface area contributed by atoms with E-state index in [0.29, 0.717) is 19.4 Å². The Morgan fingerprint density at radius 2 is 1.75 bits per heavy atom. The van der Waals surface area contributed by atoms with Gasteiger partial charge in [-0.1, -0.05) is 12.1 Å². The third-order valence-corrected chi connectivity index (χ3v) is 4.73. The van der Waals surface area contributed by atoms with Gasteiger partial charge in [0.15, 0.2) is 0 Å². The van der Waals surface area contributed by atoms with Crippen molar-refractivity contribution in [2.45, 2.75) is 46.2 Å². The van der Waals surface area contributed by atoms with E-state index in [4.69, 9.17) is 4.74 Å². The van der Waals surface area contributed by atoms with Crippen LogP contribution in [0.5, 0.6) is 5.75 Å². The van der Waals surface area contributed by atoms with Gasteiger partial charge in [-0.2, -0.15) is 13.2 Å². The third kappa shape index (κ3) is 7.86. The van der Waals surface area contributed by atoms with Gasteiger partial charge >= 0.3 is 6.18 Å². The van der Waals surface area contributed by atoms with Crippen molar-refractivity contribution < 1.29 is 31.9 Å². The molecule has 2 N–H and O–H groups in total. The van der Waals surface area contributed by atoms with Crippen LogP contribution in [-0.2, 0) is 4.79 Å². The molecule has 5 nitrogen and oxygen atoms in total. The summed E-state index contributed by atoms with van der Waals surface area (Å²) in [5, 5.41) is 4.20. The Balaban J connectivity index is 1.87. The summed E-state index contributed by atoms with van der Waals surface area (Å²) >= 11 is 0. The van der Waals surface area contributed by atoms with Gasteiger partial charge in [-0.3, -0.25) is 9.59 Å². The summed E-state index contributed by atoms with van der Waals surface area (Å²) < 4.78 is 56.7. The summed E-state index contributed by atoms with van der Waals surface area (Å²) in [6.07, 6.45) is -3.31. The smallest absolute Gasteiger partial charge is 0.405 e. The van der Waals surface area contributed by atoms with E-state index in [9.17, 15) is 27.2 Å². The number of unbranched alkanes of at least 4 members (excludes halogenated alkanes) is 1. The molecule has 9 heteroatoms. The molecule has 0 fully saturated rings. The van der Waals surface area contributed by atoms with Gasteiger partial charge in [0.05, 0.1) is 6.61 Å². The van der Waals surface area contributed by atoms with Crippen LogP contribution >= 0.6 is 0 Å². The second-order valence-electron chi connectivity index (χ2n) is 7.55. The Kier molecular flexibility index (Phi) is 8.63. The molecule has 0 saturated carbocycles. The lowest BCUT2D eigenvalue weighted by Gasteiger charge is -2.13. The molecule has 2 amide bonds. The van der Waals surface area contributed by atoms with Gasteiger partial charge in [-0.05, 0) is 62.9 Å². The fraction of sp³-hybridized carbons (Fsp3) is 0.391. The van der Waals surface area contributed by atoms with Crippen LogP contribution in [0.3, 0.4) is 0 Å². The second-order valence-corrected chi connectivity index (χ2v) is 7.55. The minimum Gasteiger partial charge on any atom is -0.493 e. The molecule has 0 aliphatic carbocycles. The van der Waals surface area contributed by atoms with Crippen molar-refractivity contribution in [3.8, 4) is 5.75 Å². The fourth-order valence-electron chi connectivity index (χ4n) is 2.87. The summed E-state index contributed by atoms with van der Waals surface area (Å²) in [6, 6.07) is 7.90. The van der Waals surface area contributed by atoms with Crippen LogP contribution < -0.4 is 15.4 Å². The largest absolute Gasteiger partial charge is 0.493 e. The van der Waals surface area contributed by atoms with Crippen LogP contribution in [0.2, 0.25) is 0 Å². The molecule has 2 rings (SSSR count). The number of aryl methyl sites for hydroxylation is 2. The van der Waals surface area contributed by atoms with Crippen LogP contribution in [0.1, 0.15) is 46.3 Å². The molecule has 2 aromatic rings. The lowest BCUT2D eigenvalue weighted by Crippen LogP contribution is -2.33. The Morgan fingerprint density at radius 1 is 1.03 bits per heavy atom. The number of alkyl halides is 3. The number of carbonyl (C=O) groups excluding carboxylic acids is 2. The summed E-state index contributed by atoms with van der Waals surface area (Å²) in [6.45, 7) is 4.21. The highest BCUT2D eigenvalue weighted by atomic mass is 19.4. The van der Waals surface area contributed by atoms with E-state index in [0.717, 1.165) is 29.0 Å². The SMILES string of the molecule is Cc1ccc(C)c(OCCCCC(=O)Nc2cc(C(=O)NCC(F)(F)F)cc(F)c2C)c1. The molecule has 0 unspecified atom stereocenters. The van der Waals surface area contributed by atoms with Gasteiger partial charge in [0.1, 0.15) is 18.1 Å². The predicted molar refractivity (Wildman–Crippen MR) is 113 cm³/mol. The maximum absolute atomic E-state index is 14.1. The van der Waals surface area contributed by atoms with Crippen molar-refractivity contribution in [2.24, 2.45) is 0 Å². The number of carbonyl (C=O) groups is 2. The Morgan fingerprint density at radius 3 is 2.44 bits per heavy atom. The minimum absolute atomic E-state index is 0.0406. The molecule has 0 aliphatic heterocycles. The highest BCUT2D eigenvalue weighted by Crippen LogP contribution is 2.22. The number of benzene rings is 2. The lowest BCUT2D eigenvalue weighted by molar-refractivity contribution is -0.123. The minimum atomic E-state index is -4.59. The monoisotopic (exact) mass is 454 g/mol. The zero-order valence-corrected chi connectivity index (χ0v) is 18.2. The molecule has 0 atom stereocenters. The Bertz CT molecular complexity index is 974. The molecular formula is C23H26F4N2O3. The summed E-state index contributed by atoms with van der Waals surface area (Å²) in [5.41, 5.74) is 1.92. The van der Waals surface area contributed by atoms with E-state index in [1.54, 1.807) is 5.32 Å². The molecule has 0 heterocycles. The van der Waals surface area contributed by atoms with E-state index >= 15 is 0 Å². The van der Waals surface area contributed by atoms with Gasteiger partial charge in [0.2, 0.25) is 5.91 Å². The molecule has 0 spiro atoms. The molecule has 32 heavy (non-hydrogen) atoms. The quantitative estimate of drug-likeness (QED) is 0.403. The van der Waals surface area contributed by atoms with Crippen molar-refractivity contribution in [3.05, 3.63) is 58.4 Å². The number of hydrogen-bond acceptors (Lipinski definition) is 3. The van der Waals surface area contributed by atoms with Crippen molar-refractivity contribution in [1.29, 1.82) is 0 Å². The Hall–Kier alpha value is -3.10. The standard InChI is InChI=1S/C23H26F4N2O3/c1-14-7-8-15(2)20(10-14)32-9-5-4-6-21(30)29-19-12-17(11-18(24)16(19)3)22(31)28-13-23(25,26)27/h7-8,10-12H,4-6,9,13H2,1-3H3,(H,28,31)(H,29,30). The number of hydrogen-bond donors (Lipinski definition) is 2. The van der Waals surface area contributed by atoms with Crippen LogP contribution in [-0.4, -0.2) is 31.1 Å². The van der Waals surface area contributed by atoms with Gasteiger partial charge in [-0.15, -0.1) is 0 Å². The van der Waals surface area contributed by atoms with Crippen LogP contribution in [0.25, 0.3) is 0 Å². The number of halogens is 4. The predicted octanol–water partition coefficient (Wildman–Crippen LogP) is 5.23. The molecule has 0 aromatic heterocycles. The maximum atomic E-state index is 14.1. The highest BCUT2D eigenvalue weighted by molar-refractivity contribution is 5.97. The van der Waals surface area contributed by atoms with E-state index in [1.165, 1.54) is 6.92 Å².